The van der Waals surface area contributed by atoms with E-state index in [1.165, 1.54) is 20.3 Å². The number of anilines is 1. The molecule has 0 bridgehead atoms. The zero-order chi connectivity index (χ0) is 17.5. The van der Waals surface area contributed by atoms with E-state index in [9.17, 15) is 9.59 Å². The van der Waals surface area contributed by atoms with Crippen molar-refractivity contribution in [2.45, 2.75) is 6.42 Å². The van der Waals surface area contributed by atoms with Gasteiger partial charge in [0.2, 0.25) is 5.91 Å². The van der Waals surface area contributed by atoms with Gasteiger partial charge in [-0.3, -0.25) is 9.59 Å². The Morgan fingerprint density at radius 3 is 2.38 bits per heavy atom. The highest BCUT2D eigenvalue weighted by Crippen LogP contribution is 2.32. The number of nitrogens with one attached hydrogen (secondary N) is 1. The number of carbonyl (C=O) groups is 2. The Balaban J connectivity index is 2.19. The Kier molecular flexibility index (Phi) is 5.78. The molecule has 24 heavy (non-hydrogen) atoms. The van der Waals surface area contributed by atoms with Gasteiger partial charge >= 0.3 is 0 Å². The Morgan fingerprint density at radius 2 is 1.75 bits per heavy atom. The van der Waals surface area contributed by atoms with Gasteiger partial charge in [-0.25, -0.2) is 0 Å². The first-order valence-corrected chi connectivity index (χ1v) is 7.25. The molecule has 6 heteroatoms. The van der Waals surface area contributed by atoms with Gasteiger partial charge in [0.25, 0.3) is 0 Å². The second-order valence-electron chi connectivity index (χ2n) is 4.99. The van der Waals surface area contributed by atoms with Crippen molar-refractivity contribution >= 4 is 17.9 Å². The summed E-state index contributed by atoms with van der Waals surface area (Å²) in [6.07, 6.45) is 0.812. The van der Waals surface area contributed by atoms with Gasteiger partial charge in [-0.05, 0) is 23.8 Å². The molecule has 0 radical (unpaired) electrons. The number of rotatable bonds is 7. The summed E-state index contributed by atoms with van der Waals surface area (Å²) in [5, 5.41) is 2.73. The van der Waals surface area contributed by atoms with Gasteiger partial charge in [0.05, 0.1) is 33.4 Å². The zero-order valence-corrected chi connectivity index (χ0v) is 13.8. The average molecular weight is 329 g/mol. The van der Waals surface area contributed by atoms with Crippen molar-refractivity contribution in [3.63, 3.8) is 0 Å². The highest BCUT2D eigenvalue weighted by atomic mass is 16.5. The number of methoxy groups -OCH3 is 3. The van der Waals surface area contributed by atoms with Crippen molar-refractivity contribution < 1.29 is 23.8 Å². The minimum Gasteiger partial charge on any atom is -0.497 e. The molecular weight excluding hydrogens is 310 g/mol. The lowest BCUT2D eigenvalue weighted by atomic mass is 10.1. The van der Waals surface area contributed by atoms with Gasteiger partial charge in [0.1, 0.15) is 5.75 Å². The second-order valence-corrected chi connectivity index (χ2v) is 4.99. The van der Waals surface area contributed by atoms with E-state index in [0.717, 1.165) is 5.56 Å². The van der Waals surface area contributed by atoms with E-state index < -0.39 is 0 Å². The third-order valence-corrected chi connectivity index (χ3v) is 3.46. The SMILES string of the molecule is COc1cccc(CC(=O)Nc2cc(OC)c(OC)cc2C=O)c1. The summed E-state index contributed by atoms with van der Waals surface area (Å²) in [5.41, 5.74) is 1.49. The fourth-order valence-corrected chi connectivity index (χ4v) is 2.26. The maximum absolute atomic E-state index is 12.3. The number of amides is 1. The molecule has 1 N–H and O–H groups in total. The molecule has 0 fully saturated rings. The smallest absolute Gasteiger partial charge is 0.228 e. The van der Waals surface area contributed by atoms with Gasteiger partial charge < -0.3 is 19.5 Å². The van der Waals surface area contributed by atoms with Gasteiger partial charge in [-0.2, -0.15) is 0 Å². The monoisotopic (exact) mass is 329 g/mol. The van der Waals surface area contributed by atoms with Crippen LogP contribution in [0.1, 0.15) is 15.9 Å². The predicted molar refractivity (Wildman–Crippen MR) is 90.3 cm³/mol. The Morgan fingerprint density at radius 1 is 1.04 bits per heavy atom. The largest absolute Gasteiger partial charge is 0.497 e. The van der Waals surface area contributed by atoms with E-state index in [1.54, 1.807) is 25.3 Å². The van der Waals surface area contributed by atoms with Crippen LogP contribution in [0.5, 0.6) is 17.2 Å². The molecule has 2 aromatic carbocycles. The molecule has 0 unspecified atom stereocenters. The van der Waals surface area contributed by atoms with Crippen LogP contribution < -0.4 is 19.5 Å². The van der Waals surface area contributed by atoms with Crippen LogP contribution in [-0.2, 0) is 11.2 Å². The normalized spacial score (nSPS) is 9.96. The molecule has 0 aliphatic heterocycles. The molecule has 0 aliphatic rings. The minimum atomic E-state index is -0.251. The lowest BCUT2D eigenvalue weighted by molar-refractivity contribution is -0.115. The number of aldehydes is 1. The third-order valence-electron chi connectivity index (χ3n) is 3.46. The maximum atomic E-state index is 12.3. The van der Waals surface area contributed by atoms with Gasteiger partial charge in [0, 0.05) is 11.6 Å². The summed E-state index contributed by atoms with van der Waals surface area (Å²) in [6, 6.07) is 10.3. The molecule has 0 aromatic heterocycles. The van der Waals surface area contributed by atoms with Crippen LogP contribution >= 0.6 is 0 Å². The first-order chi connectivity index (χ1) is 11.6. The van der Waals surface area contributed by atoms with E-state index in [1.807, 2.05) is 12.1 Å². The van der Waals surface area contributed by atoms with Crippen molar-refractivity contribution in [2.75, 3.05) is 26.6 Å². The number of hydrogen-bond acceptors (Lipinski definition) is 5. The van der Waals surface area contributed by atoms with Crippen molar-refractivity contribution in [3.05, 3.63) is 47.5 Å². The van der Waals surface area contributed by atoms with Gasteiger partial charge in [-0.1, -0.05) is 12.1 Å². The third kappa shape index (κ3) is 4.04. The molecular formula is C18H19NO5. The van der Waals surface area contributed by atoms with Crippen LogP contribution in [-0.4, -0.2) is 33.5 Å². The van der Waals surface area contributed by atoms with E-state index >= 15 is 0 Å². The molecule has 1 amide bonds. The lowest BCUT2D eigenvalue weighted by Crippen LogP contribution is -2.16. The number of carbonyl (C=O) groups excluding carboxylic acids is 2. The molecule has 0 aliphatic carbocycles. The van der Waals surface area contributed by atoms with E-state index in [0.29, 0.717) is 34.8 Å². The van der Waals surface area contributed by atoms with E-state index in [2.05, 4.69) is 5.32 Å². The molecule has 126 valence electrons. The quantitative estimate of drug-likeness (QED) is 0.791. The summed E-state index contributed by atoms with van der Waals surface area (Å²) in [5.74, 6) is 1.28. The molecule has 0 heterocycles. The Labute approximate surface area is 140 Å². The molecule has 0 atom stereocenters. The Bertz CT molecular complexity index is 742. The van der Waals surface area contributed by atoms with Gasteiger partial charge in [0.15, 0.2) is 17.8 Å². The van der Waals surface area contributed by atoms with Crippen LogP contribution in [0.2, 0.25) is 0 Å². The summed E-state index contributed by atoms with van der Waals surface area (Å²) in [7, 11) is 4.53. The fraction of sp³-hybridized carbons (Fsp3) is 0.222. The second kappa shape index (κ2) is 8.01. The average Bonchev–Trinajstić information content (AvgIpc) is 2.61. The van der Waals surface area contributed by atoms with Crippen LogP contribution in [0, 0.1) is 0 Å². The fourth-order valence-electron chi connectivity index (χ4n) is 2.26. The van der Waals surface area contributed by atoms with Crippen molar-refractivity contribution in [1.29, 1.82) is 0 Å². The van der Waals surface area contributed by atoms with E-state index in [4.69, 9.17) is 14.2 Å². The first kappa shape index (κ1) is 17.3. The van der Waals surface area contributed by atoms with Crippen molar-refractivity contribution in [3.8, 4) is 17.2 Å². The van der Waals surface area contributed by atoms with Crippen LogP contribution in [0.4, 0.5) is 5.69 Å². The topological polar surface area (TPSA) is 73.9 Å². The lowest BCUT2D eigenvalue weighted by Gasteiger charge is -2.13. The minimum absolute atomic E-state index is 0.157. The van der Waals surface area contributed by atoms with Crippen molar-refractivity contribution in [2.24, 2.45) is 0 Å². The molecule has 2 rings (SSSR count). The van der Waals surface area contributed by atoms with Crippen LogP contribution in [0.25, 0.3) is 0 Å². The highest BCUT2D eigenvalue weighted by Gasteiger charge is 2.13. The highest BCUT2D eigenvalue weighted by molar-refractivity contribution is 5.98. The Hall–Kier alpha value is -3.02. The predicted octanol–water partition coefficient (Wildman–Crippen LogP) is 2.71. The molecule has 6 nitrogen and oxygen atoms in total. The maximum Gasteiger partial charge on any atom is 0.228 e. The number of benzene rings is 2. The van der Waals surface area contributed by atoms with Crippen molar-refractivity contribution in [1.82, 2.24) is 0 Å². The summed E-state index contributed by atoms with van der Waals surface area (Å²) >= 11 is 0. The zero-order valence-electron chi connectivity index (χ0n) is 13.8. The number of hydrogen-bond donors (Lipinski definition) is 1. The molecule has 0 saturated heterocycles. The first-order valence-electron chi connectivity index (χ1n) is 7.25. The standard InChI is InChI=1S/C18H19NO5/c1-22-14-6-4-5-12(7-14)8-18(21)19-15-10-17(24-3)16(23-2)9-13(15)11-20/h4-7,9-11H,8H2,1-3H3,(H,19,21). The summed E-state index contributed by atoms with van der Waals surface area (Å²) < 4.78 is 15.5. The van der Waals surface area contributed by atoms with Crippen LogP contribution in [0.15, 0.2) is 36.4 Å². The summed E-state index contributed by atoms with van der Waals surface area (Å²) in [6.45, 7) is 0. The molecule has 0 saturated carbocycles. The van der Waals surface area contributed by atoms with Crippen LogP contribution in [0.3, 0.4) is 0 Å². The van der Waals surface area contributed by atoms with E-state index in [-0.39, 0.29) is 12.3 Å². The number of ether oxygens (including phenoxy) is 3. The van der Waals surface area contributed by atoms with Gasteiger partial charge in [-0.15, -0.1) is 0 Å². The molecule has 0 spiro atoms. The summed E-state index contributed by atoms with van der Waals surface area (Å²) in [4.78, 5) is 23.5. The molecule has 2 aromatic rings.